The molecule has 0 amide bonds. The summed E-state index contributed by atoms with van der Waals surface area (Å²) in [4.78, 5) is 13.2. The van der Waals surface area contributed by atoms with Gasteiger partial charge in [-0.15, -0.1) is 11.3 Å². The van der Waals surface area contributed by atoms with E-state index in [4.69, 9.17) is 5.11 Å². The number of carboxylic acid groups (broad SMARTS) is 1. The quantitative estimate of drug-likeness (QED) is 0.815. The van der Waals surface area contributed by atoms with Gasteiger partial charge in [0.25, 0.3) is 0 Å². The molecule has 0 aliphatic carbocycles. The van der Waals surface area contributed by atoms with Crippen LogP contribution in [0.5, 0.6) is 0 Å². The maximum atomic E-state index is 12.9. The van der Waals surface area contributed by atoms with Gasteiger partial charge in [0.1, 0.15) is 11.9 Å². The zero-order valence-corrected chi connectivity index (χ0v) is 12.6. The first-order valence-corrected chi connectivity index (χ1v) is 7.72. The van der Waals surface area contributed by atoms with Crippen molar-refractivity contribution < 1.29 is 14.3 Å². The van der Waals surface area contributed by atoms with Gasteiger partial charge in [-0.2, -0.15) is 0 Å². The van der Waals surface area contributed by atoms with E-state index >= 15 is 0 Å². The van der Waals surface area contributed by atoms with Crippen LogP contribution in [0.4, 0.5) is 4.39 Å². The second-order valence-corrected chi connectivity index (χ2v) is 6.00. The lowest BCUT2D eigenvalue weighted by atomic mass is 10.1. The van der Waals surface area contributed by atoms with E-state index in [1.807, 2.05) is 19.1 Å². The summed E-state index contributed by atoms with van der Waals surface area (Å²) in [5.41, 5.74) is 0.969. The van der Waals surface area contributed by atoms with Crippen molar-refractivity contribution in [2.45, 2.75) is 32.4 Å². The van der Waals surface area contributed by atoms with Crippen molar-refractivity contribution in [1.82, 2.24) is 5.32 Å². The Morgan fingerprint density at radius 1 is 1.29 bits per heavy atom. The van der Waals surface area contributed by atoms with Gasteiger partial charge in [0.05, 0.1) is 0 Å². The fourth-order valence-corrected chi connectivity index (χ4v) is 3.03. The van der Waals surface area contributed by atoms with E-state index in [-0.39, 0.29) is 5.82 Å². The summed E-state index contributed by atoms with van der Waals surface area (Å²) in [5.74, 6) is -1.06. The first kappa shape index (κ1) is 15.7. The molecule has 1 heterocycles. The highest BCUT2D eigenvalue weighted by atomic mass is 32.1. The van der Waals surface area contributed by atoms with Crippen molar-refractivity contribution in [2.75, 3.05) is 0 Å². The molecule has 112 valence electrons. The Kier molecular flexibility index (Phi) is 5.47. The zero-order chi connectivity index (χ0) is 15.2. The van der Waals surface area contributed by atoms with E-state index in [9.17, 15) is 9.18 Å². The van der Waals surface area contributed by atoms with Crippen LogP contribution in [0, 0.1) is 5.82 Å². The second-order valence-electron chi connectivity index (χ2n) is 4.83. The van der Waals surface area contributed by atoms with Crippen molar-refractivity contribution in [1.29, 1.82) is 0 Å². The number of hydrogen-bond donors (Lipinski definition) is 2. The van der Waals surface area contributed by atoms with Crippen LogP contribution in [0.15, 0.2) is 36.4 Å². The van der Waals surface area contributed by atoms with Crippen molar-refractivity contribution in [3.63, 3.8) is 0 Å². The summed E-state index contributed by atoms with van der Waals surface area (Å²) in [5, 5.41) is 12.2. The van der Waals surface area contributed by atoms with E-state index < -0.39 is 12.0 Å². The molecule has 0 radical (unpaired) electrons. The average Bonchev–Trinajstić information content (AvgIpc) is 2.92. The molecule has 0 aliphatic heterocycles. The summed E-state index contributed by atoms with van der Waals surface area (Å²) in [7, 11) is 0. The molecule has 2 rings (SSSR count). The topological polar surface area (TPSA) is 49.3 Å². The summed E-state index contributed by atoms with van der Waals surface area (Å²) >= 11 is 1.59. The van der Waals surface area contributed by atoms with Gasteiger partial charge >= 0.3 is 5.97 Å². The maximum Gasteiger partial charge on any atom is 0.320 e. The van der Waals surface area contributed by atoms with Crippen LogP contribution in [-0.2, 0) is 11.3 Å². The van der Waals surface area contributed by atoms with Gasteiger partial charge in [0.15, 0.2) is 0 Å². The Balaban J connectivity index is 2.00. The normalized spacial score (nSPS) is 12.3. The molecule has 21 heavy (non-hydrogen) atoms. The molecule has 2 N–H and O–H groups in total. The Labute approximate surface area is 127 Å². The second kappa shape index (κ2) is 7.33. The third kappa shape index (κ3) is 4.37. The van der Waals surface area contributed by atoms with Crippen LogP contribution in [0.1, 0.15) is 24.6 Å². The molecule has 0 bridgehead atoms. The maximum absolute atomic E-state index is 12.9. The molecular formula is C16H18FNO2S. The Hall–Kier alpha value is -1.72. The monoisotopic (exact) mass is 307 g/mol. The Morgan fingerprint density at radius 3 is 2.62 bits per heavy atom. The molecule has 0 spiro atoms. The van der Waals surface area contributed by atoms with E-state index in [2.05, 4.69) is 5.32 Å². The molecule has 1 aromatic heterocycles. The smallest absolute Gasteiger partial charge is 0.320 e. The van der Waals surface area contributed by atoms with Gasteiger partial charge in [-0.05, 0) is 36.2 Å². The van der Waals surface area contributed by atoms with Gasteiger partial charge in [0.2, 0.25) is 0 Å². The van der Waals surface area contributed by atoms with E-state index in [1.54, 1.807) is 23.5 Å². The van der Waals surface area contributed by atoms with Gasteiger partial charge in [-0.1, -0.05) is 25.5 Å². The van der Waals surface area contributed by atoms with E-state index in [1.165, 1.54) is 12.1 Å². The number of nitrogens with one attached hydrogen (secondary N) is 1. The van der Waals surface area contributed by atoms with Crippen LogP contribution >= 0.6 is 11.3 Å². The van der Waals surface area contributed by atoms with Gasteiger partial charge in [-0.3, -0.25) is 10.1 Å². The van der Waals surface area contributed by atoms with Crippen molar-refractivity contribution in [3.8, 4) is 10.4 Å². The molecular weight excluding hydrogens is 289 g/mol. The van der Waals surface area contributed by atoms with Crippen molar-refractivity contribution >= 4 is 17.3 Å². The minimum absolute atomic E-state index is 0.249. The number of thiophene rings is 1. The molecule has 0 aliphatic rings. The number of halogens is 1. The third-order valence-electron chi connectivity index (χ3n) is 3.19. The summed E-state index contributed by atoms with van der Waals surface area (Å²) in [6.45, 7) is 2.50. The largest absolute Gasteiger partial charge is 0.480 e. The van der Waals surface area contributed by atoms with E-state index in [0.717, 1.165) is 21.7 Å². The number of aliphatic carboxylic acids is 1. The Morgan fingerprint density at radius 2 is 2.00 bits per heavy atom. The molecule has 1 aromatic carbocycles. The first-order chi connectivity index (χ1) is 10.1. The molecule has 3 nitrogen and oxygen atoms in total. The number of rotatable bonds is 7. The summed E-state index contributed by atoms with van der Waals surface area (Å²) in [6, 6.07) is 9.81. The number of carbonyl (C=O) groups is 1. The van der Waals surface area contributed by atoms with Crippen LogP contribution in [0.25, 0.3) is 10.4 Å². The lowest BCUT2D eigenvalue weighted by Crippen LogP contribution is -2.35. The highest BCUT2D eigenvalue weighted by molar-refractivity contribution is 7.15. The van der Waals surface area contributed by atoms with Crippen molar-refractivity contribution in [3.05, 3.63) is 47.1 Å². The van der Waals surface area contributed by atoms with Crippen LogP contribution < -0.4 is 5.32 Å². The van der Waals surface area contributed by atoms with Crippen LogP contribution in [0.2, 0.25) is 0 Å². The van der Waals surface area contributed by atoms with E-state index in [0.29, 0.717) is 13.0 Å². The van der Waals surface area contributed by atoms with Gasteiger partial charge < -0.3 is 5.11 Å². The predicted molar refractivity (Wildman–Crippen MR) is 82.9 cm³/mol. The minimum Gasteiger partial charge on any atom is -0.480 e. The fourth-order valence-electron chi connectivity index (χ4n) is 2.07. The van der Waals surface area contributed by atoms with Crippen LogP contribution in [-0.4, -0.2) is 17.1 Å². The predicted octanol–water partition coefficient (Wildman–Crippen LogP) is 3.90. The third-order valence-corrected chi connectivity index (χ3v) is 4.32. The SMILES string of the molecule is CCCC(NCc1ccc(-c2ccc(F)cc2)s1)C(=O)O. The van der Waals surface area contributed by atoms with Gasteiger partial charge in [-0.25, -0.2) is 4.39 Å². The molecule has 1 unspecified atom stereocenters. The minimum atomic E-state index is -0.813. The van der Waals surface area contributed by atoms with Gasteiger partial charge in [0, 0.05) is 16.3 Å². The molecule has 1 atom stereocenters. The van der Waals surface area contributed by atoms with Crippen molar-refractivity contribution in [2.24, 2.45) is 0 Å². The molecule has 5 heteroatoms. The number of carboxylic acids is 1. The molecule has 0 fully saturated rings. The highest BCUT2D eigenvalue weighted by Gasteiger charge is 2.15. The fraction of sp³-hybridized carbons (Fsp3) is 0.312. The lowest BCUT2D eigenvalue weighted by molar-refractivity contribution is -0.139. The van der Waals surface area contributed by atoms with Crippen LogP contribution in [0.3, 0.4) is 0 Å². The standard InChI is InChI=1S/C16H18FNO2S/c1-2-3-14(16(19)20)18-10-13-8-9-15(21-13)11-4-6-12(17)7-5-11/h4-9,14,18H,2-3,10H2,1H3,(H,19,20). The summed E-state index contributed by atoms with van der Waals surface area (Å²) < 4.78 is 12.9. The molecule has 0 saturated heterocycles. The number of hydrogen-bond acceptors (Lipinski definition) is 3. The Bertz CT molecular complexity index is 595. The lowest BCUT2D eigenvalue weighted by Gasteiger charge is -2.12. The molecule has 2 aromatic rings. The summed E-state index contributed by atoms with van der Waals surface area (Å²) in [6.07, 6.45) is 1.45. The molecule has 0 saturated carbocycles. The first-order valence-electron chi connectivity index (χ1n) is 6.91. The number of benzene rings is 1. The highest BCUT2D eigenvalue weighted by Crippen LogP contribution is 2.28. The zero-order valence-electron chi connectivity index (χ0n) is 11.8. The average molecular weight is 307 g/mol.